The molecule has 3 rings (SSSR count). The molecule has 1 aromatic rings. The lowest BCUT2D eigenvalue weighted by Crippen LogP contribution is -2.31. The summed E-state index contributed by atoms with van der Waals surface area (Å²) in [4.78, 5) is 0. The van der Waals surface area contributed by atoms with Crippen LogP contribution in [0.5, 0.6) is 0 Å². The molecule has 17 heavy (non-hydrogen) atoms. The van der Waals surface area contributed by atoms with Crippen LogP contribution in [0.4, 0.5) is 0 Å². The highest BCUT2D eigenvalue weighted by molar-refractivity contribution is 6.78. The normalized spacial score (nSPS) is 23.6. The zero-order chi connectivity index (χ0) is 12.0. The third-order valence-corrected chi connectivity index (χ3v) is 7.22. The van der Waals surface area contributed by atoms with Gasteiger partial charge < -0.3 is 0 Å². The van der Waals surface area contributed by atoms with E-state index in [1.54, 1.807) is 16.7 Å². The van der Waals surface area contributed by atoms with Gasteiger partial charge in [-0.05, 0) is 47.9 Å². The average molecular weight is 242 g/mol. The molecule has 0 saturated heterocycles. The summed E-state index contributed by atoms with van der Waals surface area (Å²) in [7, 11) is -1.04. The molecular formula is C16H22Si. The van der Waals surface area contributed by atoms with Crippen LogP contribution in [0.3, 0.4) is 0 Å². The Kier molecular flexibility index (Phi) is 2.55. The van der Waals surface area contributed by atoms with Gasteiger partial charge in [0, 0.05) is 0 Å². The summed E-state index contributed by atoms with van der Waals surface area (Å²) < 4.78 is 0. The average Bonchev–Trinajstić information content (AvgIpc) is 2.65. The molecule has 0 N–H and O–H groups in total. The van der Waals surface area contributed by atoms with Crippen LogP contribution in [0.15, 0.2) is 29.8 Å². The van der Waals surface area contributed by atoms with E-state index in [0.717, 1.165) is 5.54 Å². The molecule has 1 atom stereocenters. The Morgan fingerprint density at radius 3 is 2.65 bits per heavy atom. The Hall–Kier alpha value is -0.823. The highest BCUT2D eigenvalue weighted by Crippen LogP contribution is 2.49. The first-order valence-electron chi connectivity index (χ1n) is 6.87. The van der Waals surface area contributed by atoms with Crippen molar-refractivity contribution >= 4 is 13.6 Å². The Bertz CT molecular complexity index is 477. The van der Waals surface area contributed by atoms with Crippen molar-refractivity contribution < 1.29 is 0 Å². The number of hydrogen-bond donors (Lipinski definition) is 0. The van der Waals surface area contributed by atoms with E-state index in [9.17, 15) is 0 Å². The molecule has 0 fully saturated rings. The summed E-state index contributed by atoms with van der Waals surface area (Å²) in [5, 5.41) is 0. The molecular weight excluding hydrogens is 220 g/mol. The lowest BCUT2D eigenvalue weighted by molar-refractivity contribution is 0.693. The van der Waals surface area contributed by atoms with E-state index in [4.69, 9.17) is 0 Å². The molecule has 0 nitrogen and oxygen atoms in total. The Morgan fingerprint density at radius 2 is 1.88 bits per heavy atom. The summed E-state index contributed by atoms with van der Waals surface area (Å²) in [6, 6.07) is 9.06. The van der Waals surface area contributed by atoms with Gasteiger partial charge in [0.15, 0.2) is 0 Å². The number of benzene rings is 1. The molecule has 0 spiro atoms. The van der Waals surface area contributed by atoms with Crippen LogP contribution in [0, 0.1) is 0 Å². The zero-order valence-electron chi connectivity index (χ0n) is 11.2. The maximum atomic E-state index is 2.54. The van der Waals surface area contributed by atoms with Crippen molar-refractivity contribution in [3.63, 3.8) is 0 Å². The number of fused-ring (bicyclic) bond motifs is 2. The smallest absolute Gasteiger partial charge is 0.0517 e. The van der Waals surface area contributed by atoms with Crippen LogP contribution in [0.25, 0.3) is 5.57 Å². The molecule has 0 heterocycles. The van der Waals surface area contributed by atoms with Gasteiger partial charge in [-0.3, -0.25) is 0 Å². The quantitative estimate of drug-likeness (QED) is 0.615. The van der Waals surface area contributed by atoms with Crippen LogP contribution in [0.2, 0.25) is 25.2 Å². The SMILES string of the molecule is C[Si](C)(C)C1CCCC2=C1Cc1ccccc12. The molecule has 0 aromatic heterocycles. The number of rotatable bonds is 1. The molecule has 0 radical (unpaired) electrons. The van der Waals surface area contributed by atoms with E-state index < -0.39 is 8.07 Å². The molecule has 1 heteroatoms. The molecule has 0 aliphatic heterocycles. The topological polar surface area (TPSA) is 0 Å². The van der Waals surface area contributed by atoms with Crippen molar-refractivity contribution in [1.29, 1.82) is 0 Å². The van der Waals surface area contributed by atoms with Crippen molar-refractivity contribution in [2.45, 2.75) is 50.9 Å². The Morgan fingerprint density at radius 1 is 1.12 bits per heavy atom. The van der Waals surface area contributed by atoms with Crippen LogP contribution in [-0.4, -0.2) is 8.07 Å². The number of hydrogen-bond acceptors (Lipinski definition) is 0. The Balaban J connectivity index is 2.06. The summed E-state index contributed by atoms with van der Waals surface area (Å²) in [5.74, 6) is 0. The molecule has 0 bridgehead atoms. The predicted octanol–water partition coefficient (Wildman–Crippen LogP) is 4.89. The van der Waals surface area contributed by atoms with Gasteiger partial charge in [-0.25, -0.2) is 0 Å². The summed E-state index contributed by atoms with van der Waals surface area (Å²) in [6.45, 7) is 7.61. The molecule has 2 aliphatic carbocycles. The first kappa shape index (κ1) is 11.3. The van der Waals surface area contributed by atoms with Crippen molar-refractivity contribution in [2.24, 2.45) is 0 Å². The molecule has 0 amide bonds. The van der Waals surface area contributed by atoms with E-state index in [1.807, 2.05) is 5.57 Å². The van der Waals surface area contributed by atoms with Gasteiger partial charge in [0.2, 0.25) is 0 Å². The van der Waals surface area contributed by atoms with Gasteiger partial charge in [0.25, 0.3) is 0 Å². The van der Waals surface area contributed by atoms with Crippen LogP contribution >= 0.6 is 0 Å². The van der Waals surface area contributed by atoms with Crippen molar-refractivity contribution in [3.8, 4) is 0 Å². The second-order valence-corrected chi connectivity index (χ2v) is 12.1. The largest absolute Gasteiger partial charge is 0.0691 e. The second kappa shape index (κ2) is 3.84. The third-order valence-electron chi connectivity index (χ3n) is 4.50. The van der Waals surface area contributed by atoms with Crippen molar-refractivity contribution in [2.75, 3.05) is 0 Å². The molecule has 90 valence electrons. The lowest BCUT2D eigenvalue weighted by Gasteiger charge is -2.34. The third kappa shape index (κ3) is 1.81. The van der Waals surface area contributed by atoms with E-state index in [0.29, 0.717) is 0 Å². The fourth-order valence-corrected chi connectivity index (χ4v) is 6.09. The van der Waals surface area contributed by atoms with E-state index >= 15 is 0 Å². The zero-order valence-corrected chi connectivity index (χ0v) is 12.2. The first-order valence-corrected chi connectivity index (χ1v) is 10.5. The highest BCUT2D eigenvalue weighted by atomic mass is 28.3. The van der Waals surface area contributed by atoms with Crippen LogP contribution in [-0.2, 0) is 6.42 Å². The fourth-order valence-electron chi connectivity index (χ4n) is 3.70. The van der Waals surface area contributed by atoms with E-state index in [2.05, 4.69) is 43.9 Å². The standard InChI is InChI=1S/C16H22Si/c1-17(2,3)16-10-6-9-14-13-8-5-4-7-12(13)11-15(14)16/h4-5,7-8,16H,6,9-11H2,1-3H3. The maximum absolute atomic E-state index is 2.54. The molecule has 1 unspecified atom stereocenters. The summed E-state index contributed by atoms with van der Waals surface area (Å²) in [5.41, 5.74) is 7.63. The van der Waals surface area contributed by atoms with E-state index in [1.165, 1.54) is 25.7 Å². The van der Waals surface area contributed by atoms with Crippen LogP contribution in [0.1, 0.15) is 30.4 Å². The molecule has 0 saturated carbocycles. The predicted molar refractivity (Wildman–Crippen MR) is 78.0 cm³/mol. The van der Waals surface area contributed by atoms with Gasteiger partial charge in [-0.1, -0.05) is 49.5 Å². The molecule has 2 aliphatic rings. The monoisotopic (exact) mass is 242 g/mol. The van der Waals surface area contributed by atoms with Crippen molar-refractivity contribution in [1.82, 2.24) is 0 Å². The molecule has 1 aromatic carbocycles. The van der Waals surface area contributed by atoms with E-state index in [-0.39, 0.29) is 0 Å². The lowest BCUT2D eigenvalue weighted by atomic mass is 9.91. The van der Waals surface area contributed by atoms with Gasteiger partial charge >= 0.3 is 0 Å². The first-order chi connectivity index (χ1) is 8.07. The number of allylic oxidation sites excluding steroid dienone is 2. The minimum Gasteiger partial charge on any atom is -0.0691 e. The summed E-state index contributed by atoms with van der Waals surface area (Å²) in [6.07, 6.45) is 5.43. The Labute approximate surface area is 106 Å². The van der Waals surface area contributed by atoms with Gasteiger partial charge in [-0.15, -0.1) is 0 Å². The summed E-state index contributed by atoms with van der Waals surface area (Å²) >= 11 is 0. The van der Waals surface area contributed by atoms with Crippen molar-refractivity contribution in [3.05, 3.63) is 41.0 Å². The van der Waals surface area contributed by atoms with Crippen LogP contribution < -0.4 is 0 Å². The minimum absolute atomic E-state index is 0.929. The van der Waals surface area contributed by atoms with Gasteiger partial charge in [0.05, 0.1) is 8.07 Å². The maximum Gasteiger partial charge on any atom is 0.0517 e. The highest BCUT2D eigenvalue weighted by Gasteiger charge is 2.36. The minimum atomic E-state index is -1.04. The van der Waals surface area contributed by atoms with Gasteiger partial charge in [-0.2, -0.15) is 0 Å². The fraction of sp³-hybridized carbons (Fsp3) is 0.500. The van der Waals surface area contributed by atoms with Gasteiger partial charge in [0.1, 0.15) is 0 Å². The second-order valence-electron chi connectivity index (χ2n) is 6.65.